The van der Waals surface area contributed by atoms with E-state index < -0.39 is 0 Å². The molecule has 1 aromatic rings. The van der Waals surface area contributed by atoms with Crippen molar-refractivity contribution in [3.05, 3.63) is 28.8 Å². The first-order valence-electron chi connectivity index (χ1n) is 4.00. The van der Waals surface area contributed by atoms with Crippen molar-refractivity contribution in [1.29, 1.82) is 0 Å². The fourth-order valence-electron chi connectivity index (χ4n) is 1.28. The number of hydrogen-bond donors (Lipinski definition) is 0. The summed E-state index contributed by atoms with van der Waals surface area (Å²) in [6.45, 7) is 6.32. The second-order valence-corrected chi connectivity index (χ2v) is 2.99. The Balaban J connectivity index is 3.21. The van der Waals surface area contributed by atoms with E-state index in [9.17, 15) is 0 Å². The first kappa shape index (κ1) is 8.38. The van der Waals surface area contributed by atoms with E-state index in [1.165, 1.54) is 16.7 Å². The minimum atomic E-state index is 0.903. The van der Waals surface area contributed by atoms with Crippen LogP contribution in [0, 0.1) is 13.8 Å². The summed E-state index contributed by atoms with van der Waals surface area (Å²) in [6, 6.07) is 4.22. The second kappa shape index (κ2) is 3.12. The summed E-state index contributed by atoms with van der Waals surface area (Å²) in [7, 11) is 5.74. The Bertz CT molecular complexity index is 264. The van der Waals surface area contributed by atoms with Crippen LogP contribution in [0.3, 0.4) is 0 Å². The van der Waals surface area contributed by atoms with Crippen LogP contribution in [0.1, 0.15) is 23.6 Å². The highest BCUT2D eigenvalue weighted by Crippen LogP contribution is 2.08. The molecule has 0 aromatic heterocycles. The van der Waals surface area contributed by atoms with Gasteiger partial charge < -0.3 is 0 Å². The van der Waals surface area contributed by atoms with Gasteiger partial charge in [-0.1, -0.05) is 30.1 Å². The minimum absolute atomic E-state index is 0.903. The summed E-state index contributed by atoms with van der Waals surface area (Å²) in [5.74, 6) is 0. The zero-order valence-electron chi connectivity index (χ0n) is 7.44. The summed E-state index contributed by atoms with van der Waals surface area (Å²) in [6.07, 6.45) is 1.09. The quantitative estimate of drug-likeness (QED) is 0.526. The molecule has 1 rings (SSSR count). The Morgan fingerprint density at radius 1 is 1.18 bits per heavy atom. The van der Waals surface area contributed by atoms with Gasteiger partial charge in [0, 0.05) is 0 Å². The van der Waals surface area contributed by atoms with Gasteiger partial charge in [-0.25, -0.2) is 0 Å². The first-order valence-corrected chi connectivity index (χ1v) is 4.00. The molecule has 11 heavy (non-hydrogen) atoms. The summed E-state index contributed by atoms with van der Waals surface area (Å²) in [5, 5.41) is 0. The van der Waals surface area contributed by atoms with Crippen molar-refractivity contribution in [3.8, 4) is 0 Å². The van der Waals surface area contributed by atoms with Crippen LogP contribution in [-0.4, -0.2) is 7.85 Å². The average molecular weight is 144 g/mol. The third-order valence-corrected chi connectivity index (χ3v) is 2.11. The van der Waals surface area contributed by atoms with Gasteiger partial charge >= 0.3 is 0 Å². The van der Waals surface area contributed by atoms with Crippen LogP contribution in [0.2, 0.25) is 0 Å². The Morgan fingerprint density at radius 2 is 1.82 bits per heavy atom. The molecular formula is C10H13B. The molecule has 0 spiro atoms. The van der Waals surface area contributed by atoms with E-state index in [2.05, 4.69) is 19.9 Å². The van der Waals surface area contributed by atoms with E-state index >= 15 is 0 Å². The van der Waals surface area contributed by atoms with E-state index in [0.29, 0.717) is 0 Å². The van der Waals surface area contributed by atoms with Crippen molar-refractivity contribution in [3.63, 3.8) is 0 Å². The number of hydrogen-bond acceptors (Lipinski definition) is 0. The molecule has 0 aliphatic heterocycles. The number of benzene rings is 1. The lowest BCUT2D eigenvalue weighted by Crippen LogP contribution is -2.08. The molecule has 56 valence electrons. The van der Waals surface area contributed by atoms with Gasteiger partial charge in [0.15, 0.2) is 0 Å². The minimum Gasteiger partial charge on any atom is -0.0935 e. The van der Waals surface area contributed by atoms with Crippen LogP contribution >= 0.6 is 0 Å². The van der Waals surface area contributed by atoms with Gasteiger partial charge in [0.2, 0.25) is 0 Å². The SMILES string of the molecule is [B]c1cc(C)c(CC)cc1C. The molecular weight excluding hydrogens is 131 g/mol. The third-order valence-electron chi connectivity index (χ3n) is 2.11. The molecule has 1 aromatic carbocycles. The zero-order chi connectivity index (χ0) is 8.43. The number of rotatable bonds is 1. The highest BCUT2D eigenvalue weighted by atomic mass is 14.0. The van der Waals surface area contributed by atoms with Gasteiger partial charge in [0.25, 0.3) is 0 Å². The lowest BCUT2D eigenvalue weighted by Gasteiger charge is -2.07. The first-order chi connectivity index (χ1) is 5.15. The van der Waals surface area contributed by atoms with Crippen molar-refractivity contribution in [2.24, 2.45) is 0 Å². The maximum absolute atomic E-state index is 5.74. The molecule has 0 nitrogen and oxygen atoms in total. The van der Waals surface area contributed by atoms with Crippen LogP contribution in [0.4, 0.5) is 0 Å². The van der Waals surface area contributed by atoms with E-state index in [0.717, 1.165) is 11.9 Å². The largest absolute Gasteiger partial charge is 0.114 e. The van der Waals surface area contributed by atoms with Gasteiger partial charge in [-0.3, -0.25) is 0 Å². The zero-order valence-corrected chi connectivity index (χ0v) is 7.44. The summed E-state index contributed by atoms with van der Waals surface area (Å²) >= 11 is 0. The standard InChI is InChI=1S/C10H13B/c1-4-9-5-8(3)10(11)6-7(9)2/h5-6H,4H2,1-3H3. The van der Waals surface area contributed by atoms with Crippen LogP contribution in [-0.2, 0) is 6.42 Å². The molecule has 0 fully saturated rings. The molecule has 0 amide bonds. The maximum Gasteiger partial charge on any atom is 0.114 e. The third kappa shape index (κ3) is 1.65. The second-order valence-electron chi connectivity index (χ2n) is 2.99. The van der Waals surface area contributed by atoms with E-state index in [1.807, 2.05) is 13.0 Å². The van der Waals surface area contributed by atoms with Crippen LogP contribution < -0.4 is 5.46 Å². The van der Waals surface area contributed by atoms with Crippen LogP contribution in [0.25, 0.3) is 0 Å². The van der Waals surface area contributed by atoms with Crippen molar-refractivity contribution in [2.75, 3.05) is 0 Å². The average Bonchev–Trinajstić information content (AvgIpc) is 1.97. The Labute approximate surface area is 70.0 Å². The Kier molecular flexibility index (Phi) is 2.38. The fourth-order valence-corrected chi connectivity index (χ4v) is 1.28. The molecule has 0 atom stereocenters. The van der Waals surface area contributed by atoms with Crippen LogP contribution in [0.15, 0.2) is 12.1 Å². The molecule has 0 aliphatic carbocycles. The van der Waals surface area contributed by atoms with Crippen molar-refractivity contribution < 1.29 is 0 Å². The topological polar surface area (TPSA) is 0 Å². The monoisotopic (exact) mass is 144 g/mol. The Hall–Kier alpha value is -0.715. The van der Waals surface area contributed by atoms with Gasteiger partial charge in [0.05, 0.1) is 0 Å². The van der Waals surface area contributed by atoms with Crippen molar-refractivity contribution in [1.82, 2.24) is 0 Å². The van der Waals surface area contributed by atoms with Crippen molar-refractivity contribution in [2.45, 2.75) is 27.2 Å². The smallest absolute Gasteiger partial charge is 0.0935 e. The molecule has 0 unspecified atom stereocenters. The summed E-state index contributed by atoms with van der Waals surface area (Å²) < 4.78 is 0. The lowest BCUT2D eigenvalue weighted by atomic mass is 9.87. The highest BCUT2D eigenvalue weighted by molar-refractivity contribution is 6.33. The maximum atomic E-state index is 5.74. The molecule has 0 N–H and O–H groups in total. The van der Waals surface area contributed by atoms with E-state index in [1.54, 1.807) is 0 Å². The van der Waals surface area contributed by atoms with Gasteiger partial charge in [-0.15, -0.1) is 0 Å². The normalized spacial score (nSPS) is 10.1. The molecule has 1 heteroatoms. The van der Waals surface area contributed by atoms with Gasteiger partial charge in [-0.05, 0) is 31.4 Å². The molecule has 2 radical (unpaired) electrons. The van der Waals surface area contributed by atoms with E-state index in [-0.39, 0.29) is 0 Å². The fraction of sp³-hybridized carbons (Fsp3) is 0.400. The highest BCUT2D eigenvalue weighted by Gasteiger charge is 1.97. The molecule has 0 aliphatic rings. The predicted molar refractivity (Wildman–Crippen MR) is 50.7 cm³/mol. The van der Waals surface area contributed by atoms with Crippen LogP contribution in [0.5, 0.6) is 0 Å². The predicted octanol–water partition coefficient (Wildman–Crippen LogP) is 1.66. The molecule has 0 heterocycles. The lowest BCUT2D eigenvalue weighted by molar-refractivity contribution is 1.10. The molecule has 0 saturated carbocycles. The van der Waals surface area contributed by atoms with E-state index in [4.69, 9.17) is 7.85 Å². The summed E-state index contributed by atoms with van der Waals surface area (Å²) in [4.78, 5) is 0. The van der Waals surface area contributed by atoms with Gasteiger partial charge in [0.1, 0.15) is 7.85 Å². The molecule has 0 bridgehead atoms. The number of aryl methyl sites for hydroxylation is 3. The van der Waals surface area contributed by atoms with Gasteiger partial charge in [-0.2, -0.15) is 0 Å². The molecule has 0 saturated heterocycles. The Morgan fingerprint density at radius 3 is 2.36 bits per heavy atom. The summed E-state index contributed by atoms with van der Waals surface area (Å²) in [5.41, 5.74) is 4.79. The van der Waals surface area contributed by atoms with Crippen molar-refractivity contribution >= 4 is 13.3 Å².